The lowest BCUT2D eigenvalue weighted by Gasteiger charge is -2.32. The first-order chi connectivity index (χ1) is 13.1. The van der Waals surface area contributed by atoms with Crippen molar-refractivity contribution in [3.05, 3.63) is 29.8 Å². The van der Waals surface area contributed by atoms with Crippen molar-refractivity contribution >= 4 is 17.5 Å². The second-order valence-corrected chi connectivity index (χ2v) is 8.75. The van der Waals surface area contributed by atoms with Crippen LogP contribution >= 0.6 is 0 Å². The molecule has 0 radical (unpaired) electrons. The average Bonchev–Trinajstić information content (AvgIpc) is 3.27. The summed E-state index contributed by atoms with van der Waals surface area (Å²) in [6, 6.07) is 7.76. The van der Waals surface area contributed by atoms with Crippen LogP contribution in [0.1, 0.15) is 37.7 Å². The lowest BCUT2D eigenvalue weighted by Crippen LogP contribution is -2.47. The normalized spacial score (nSPS) is 27.7. The number of piperazine rings is 1. The zero-order valence-electron chi connectivity index (χ0n) is 16.3. The minimum atomic E-state index is 0.133. The van der Waals surface area contributed by atoms with Gasteiger partial charge in [-0.3, -0.25) is 9.59 Å². The standard InChI is InChI=1S/C22H31N3O2/c1-24-8-10-25(11-9-24)22(27)14-16-3-6-20(7-4-16)23-21(26)15-19-13-17-2-5-18(19)12-17/h3-4,6-7,17-19H,2,5,8-15H2,1H3,(H,23,26). The number of nitrogens with zero attached hydrogens (tertiary/aromatic N) is 2. The molecule has 1 saturated heterocycles. The number of carbonyl (C=O) groups excluding carboxylic acids is 2. The van der Waals surface area contributed by atoms with Gasteiger partial charge in [-0.1, -0.05) is 18.6 Å². The lowest BCUT2D eigenvalue weighted by atomic mass is 9.86. The molecule has 2 amide bonds. The van der Waals surface area contributed by atoms with Crippen LogP contribution in [-0.2, 0) is 16.0 Å². The summed E-state index contributed by atoms with van der Waals surface area (Å²) in [6.07, 6.45) is 6.36. The first kappa shape index (κ1) is 18.5. The summed E-state index contributed by atoms with van der Waals surface area (Å²) in [4.78, 5) is 29.0. The molecule has 2 bridgehead atoms. The molecule has 1 N–H and O–H groups in total. The zero-order valence-corrected chi connectivity index (χ0v) is 16.3. The second-order valence-electron chi connectivity index (χ2n) is 8.75. The maximum absolute atomic E-state index is 12.4. The molecule has 2 saturated carbocycles. The Labute approximate surface area is 162 Å². The number of amides is 2. The second kappa shape index (κ2) is 8.01. The van der Waals surface area contributed by atoms with Crippen LogP contribution in [0.2, 0.25) is 0 Å². The first-order valence-corrected chi connectivity index (χ1v) is 10.4. The van der Waals surface area contributed by atoms with Gasteiger partial charge in [-0.2, -0.15) is 0 Å². The highest BCUT2D eigenvalue weighted by atomic mass is 16.2. The molecule has 3 fully saturated rings. The van der Waals surface area contributed by atoms with Crippen molar-refractivity contribution in [2.75, 3.05) is 38.5 Å². The highest BCUT2D eigenvalue weighted by Gasteiger charge is 2.40. The maximum atomic E-state index is 12.4. The van der Waals surface area contributed by atoms with Gasteiger partial charge in [0, 0.05) is 38.3 Å². The molecule has 5 nitrogen and oxygen atoms in total. The molecule has 2 aliphatic carbocycles. The van der Waals surface area contributed by atoms with Crippen LogP contribution in [0.3, 0.4) is 0 Å². The molecule has 1 heterocycles. The maximum Gasteiger partial charge on any atom is 0.227 e. The monoisotopic (exact) mass is 369 g/mol. The summed E-state index contributed by atoms with van der Waals surface area (Å²) in [7, 11) is 2.09. The van der Waals surface area contributed by atoms with Crippen LogP contribution in [0, 0.1) is 17.8 Å². The fraction of sp³-hybridized carbons (Fsp3) is 0.636. The molecule has 4 rings (SSSR count). The van der Waals surface area contributed by atoms with E-state index in [4.69, 9.17) is 0 Å². The highest BCUT2D eigenvalue weighted by molar-refractivity contribution is 5.91. The van der Waals surface area contributed by atoms with Crippen molar-refractivity contribution in [1.29, 1.82) is 0 Å². The smallest absolute Gasteiger partial charge is 0.227 e. The van der Waals surface area contributed by atoms with Crippen LogP contribution in [-0.4, -0.2) is 54.8 Å². The highest BCUT2D eigenvalue weighted by Crippen LogP contribution is 2.49. The number of fused-ring (bicyclic) bond motifs is 2. The van der Waals surface area contributed by atoms with E-state index in [-0.39, 0.29) is 11.8 Å². The van der Waals surface area contributed by atoms with Crippen molar-refractivity contribution in [2.24, 2.45) is 17.8 Å². The Kier molecular flexibility index (Phi) is 5.48. The Morgan fingerprint density at radius 1 is 1.04 bits per heavy atom. The van der Waals surface area contributed by atoms with Crippen LogP contribution in [0.5, 0.6) is 0 Å². The summed E-state index contributed by atoms with van der Waals surface area (Å²) >= 11 is 0. The van der Waals surface area contributed by atoms with E-state index < -0.39 is 0 Å². The van der Waals surface area contributed by atoms with Gasteiger partial charge in [0.1, 0.15) is 0 Å². The molecule has 3 aliphatic rings. The van der Waals surface area contributed by atoms with Gasteiger partial charge in [0.2, 0.25) is 11.8 Å². The quantitative estimate of drug-likeness (QED) is 0.868. The topological polar surface area (TPSA) is 52.6 Å². The Hall–Kier alpha value is -1.88. The van der Waals surface area contributed by atoms with Gasteiger partial charge >= 0.3 is 0 Å². The fourth-order valence-electron chi connectivity index (χ4n) is 5.12. The summed E-state index contributed by atoms with van der Waals surface area (Å²) in [5.74, 6) is 2.57. The summed E-state index contributed by atoms with van der Waals surface area (Å²) in [5, 5.41) is 3.04. The first-order valence-electron chi connectivity index (χ1n) is 10.4. The number of benzene rings is 1. The molecule has 1 aliphatic heterocycles. The number of carbonyl (C=O) groups is 2. The van der Waals surface area contributed by atoms with E-state index in [1.807, 2.05) is 29.2 Å². The molecule has 3 atom stereocenters. The Bertz CT molecular complexity index is 679. The molecule has 0 spiro atoms. The van der Waals surface area contributed by atoms with E-state index in [9.17, 15) is 9.59 Å². The Morgan fingerprint density at radius 3 is 2.41 bits per heavy atom. The molecule has 146 valence electrons. The van der Waals surface area contributed by atoms with Crippen molar-refractivity contribution in [3.63, 3.8) is 0 Å². The predicted molar refractivity (Wildman–Crippen MR) is 106 cm³/mol. The Morgan fingerprint density at radius 2 is 1.78 bits per heavy atom. The van der Waals surface area contributed by atoms with Crippen molar-refractivity contribution < 1.29 is 9.59 Å². The molecule has 1 aromatic rings. The van der Waals surface area contributed by atoms with Gasteiger partial charge in [0.05, 0.1) is 6.42 Å². The minimum absolute atomic E-state index is 0.133. The fourth-order valence-corrected chi connectivity index (χ4v) is 5.12. The summed E-state index contributed by atoms with van der Waals surface area (Å²) in [6.45, 7) is 3.51. The van der Waals surface area contributed by atoms with Gasteiger partial charge < -0.3 is 15.1 Å². The summed E-state index contributed by atoms with van der Waals surface area (Å²) in [5.41, 5.74) is 1.84. The summed E-state index contributed by atoms with van der Waals surface area (Å²) < 4.78 is 0. The number of hydrogen-bond acceptors (Lipinski definition) is 3. The molecule has 5 heteroatoms. The van der Waals surface area contributed by atoms with E-state index >= 15 is 0 Å². The van der Waals surface area contributed by atoms with Gasteiger partial charge in [0.25, 0.3) is 0 Å². The zero-order chi connectivity index (χ0) is 18.8. The average molecular weight is 370 g/mol. The minimum Gasteiger partial charge on any atom is -0.340 e. The van der Waals surface area contributed by atoms with E-state index in [0.29, 0.717) is 18.8 Å². The third-order valence-electron chi connectivity index (χ3n) is 6.78. The molecule has 27 heavy (non-hydrogen) atoms. The molecule has 3 unspecified atom stereocenters. The Balaban J connectivity index is 1.25. The third kappa shape index (κ3) is 4.52. The van der Waals surface area contributed by atoms with Crippen molar-refractivity contribution in [1.82, 2.24) is 9.80 Å². The number of rotatable bonds is 5. The van der Waals surface area contributed by atoms with E-state index in [0.717, 1.165) is 49.3 Å². The largest absolute Gasteiger partial charge is 0.340 e. The van der Waals surface area contributed by atoms with Gasteiger partial charge in [-0.15, -0.1) is 0 Å². The van der Waals surface area contributed by atoms with E-state index in [1.54, 1.807) is 0 Å². The SMILES string of the molecule is CN1CCN(C(=O)Cc2ccc(NC(=O)CC3CC4CCC3C4)cc2)CC1. The lowest BCUT2D eigenvalue weighted by molar-refractivity contribution is -0.132. The van der Waals surface area contributed by atoms with E-state index in [2.05, 4.69) is 17.3 Å². The predicted octanol–water partition coefficient (Wildman–Crippen LogP) is 2.77. The van der Waals surface area contributed by atoms with E-state index in [1.165, 1.54) is 25.7 Å². The third-order valence-corrected chi connectivity index (χ3v) is 6.78. The van der Waals surface area contributed by atoms with Crippen LogP contribution in [0.4, 0.5) is 5.69 Å². The molecular weight excluding hydrogens is 338 g/mol. The number of nitrogens with one attached hydrogen (secondary N) is 1. The van der Waals surface area contributed by atoms with Gasteiger partial charge in [-0.25, -0.2) is 0 Å². The number of hydrogen-bond donors (Lipinski definition) is 1. The van der Waals surface area contributed by atoms with Crippen LogP contribution < -0.4 is 5.32 Å². The van der Waals surface area contributed by atoms with Crippen molar-refractivity contribution in [2.45, 2.75) is 38.5 Å². The van der Waals surface area contributed by atoms with Crippen LogP contribution in [0.25, 0.3) is 0 Å². The number of anilines is 1. The van der Waals surface area contributed by atoms with Crippen LogP contribution in [0.15, 0.2) is 24.3 Å². The molecule has 0 aromatic heterocycles. The molecule has 1 aromatic carbocycles. The molecular formula is C22H31N3O2. The van der Waals surface area contributed by atoms with Gasteiger partial charge in [-0.05, 0) is 61.8 Å². The number of likely N-dealkylation sites (N-methyl/N-ethyl adjacent to an activating group) is 1. The van der Waals surface area contributed by atoms with Gasteiger partial charge in [0.15, 0.2) is 0 Å². The van der Waals surface area contributed by atoms with Crippen molar-refractivity contribution in [3.8, 4) is 0 Å².